The van der Waals surface area contributed by atoms with Crippen molar-refractivity contribution in [3.05, 3.63) is 65.7 Å². The van der Waals surface area contributed by atoms with Gasteiger partial charge in [-0.05, 0) is 29.7 Å². The first kappa shape index (κ1) is 20.0. The Balaban J connectivity index is 1.82. The van der Waals surface area contributed by atoms with Crippen molar-refractivity contribution in [3.63, 3.8) is 0 Å². The lowest BCUT2D eigenvalue weighted by Gasteiger charge is -2.19. The summed E-state index contributed by atoms with van der Waals surface area (Å²) in [6.45, 7) is 0.523. The molecule has 8 heteroatoms. The molecule has 0 saturated carbocycles. The van der Waals surface area contributed by atoms with Gasteiger partial charge in [-0.15, -0.1) is 0 Å². The Morgan fingerprint density at radius 2 is 2.00 bits per heavy atom. The van der Waals surface area contributed by atoms with Crippen molar-refractivity contribution in [2.75, 3.05) is 19.3 Å². The largest absolute Gasteiger partial charge is 0.356 e. The monoisotopic (exact) mass is 379 g/mol. The average Bonchev–Trinajstić information content (AvgIpc) is 2.60. The SMILES string of the molecule is CS(=O)(=O)N(CCC(=O)NCCc1ccccc1F)Cc1cccnc1. The lowest BCUT2D eigenvalue weighted by Crippen LogP contribution is -2.34. The van der Waals surface area contributed by atoms with Gasteiger partial charge in [0.1, 0.15) is 5.82 Å². The van der Waals surface area contributed by atoms with Crippen molar-refractivity contribution in [2.45, 2.75) is 19.4 Å². The number of benzene rings is 1. The number of nitrogens with zero attached hydrogens (tertiary/aromatic N) is 2. The van der Waals surface area contributed by atoms with E-state index in [2.05, 4.69) is 10.3 Å². The fourth-order valence-electron chi connectivity index (χ4n) is 2.41. The van der Waals surface area contributed by atoms with Crippen molar-refractivity contribution >= 4 is 15.9 Å². The first-order chi connectivity index (χ1) is 12.4. The molecule has 2 rings (SSSR count). The molecule has 2 aromatic rings. The van der Waals surface area contributed by atoms with Crippen LogP contribution in [0.2, 0.25) is 0 Å². The maximum Gasteiger partial charge on any atom is 0.221 e. The number of carbonyl (C=O) groups excluding carboxylic acids is 1. The van der Waals surface area contributed by atoms with E-state index in [-0.39, 0.29) is 31.2 Å². The van der Waals surface area contributed by atoms with Gasteiger partial charge < -0.3 is 5.32 Å². The first-order valence-corrected chi connectivity index (χ1v) is 10.1. The third-order valence-electron chi connectivity index (χ3n) is 3.81. The highest BCUT2D eigenvalue weighted by atomic mass is 32.2. The topological polar surface area (TPSA) is 79.4 Å². The molecule has 140 valence electrons. The summed E-state index contributed by atoms with van der Waals surface area (Å²) in [7, 11) is -3.45. The first-order valence-electron chi connectivity index (χ1n) is 8.20. The molecule has 1 heterocycles. The van der Waals surface area contributed by atoms with Crippen molar-refractivity contribution < 1.29 is 17.6 Å². The van der Waals surface area contributed by atoms with Gasteiger partial charge in [0.25, 0.3) is 0 Å². The third-order valence-corrected chi connectivity index (χ3v) is 5.06. The van der Waals surface area contributed by atoms with E-state index in [1.807, 2.05) is 0 Å². The van der Waals surface area contributed by atoms with Crippen LogP contribution in [0, 0.1) is 5.82 Å². The molecule has 0 spiro atoms. The van der Waals surface area contributed by atoms with Crippen LogP contribution in [0.3, 0.4) is 0 Å². The van der Waals surface area contributed by atoms with Crippen LogP contribution in [0.5, 0.6) is 0 Å². The highest BCUT2D eigenvalue weighted by molar-refractivity contribution is 7.88. The number of amides is 1. The number of nitrogens with one attached hydrogen (secondary N) is 1. The Hall–Kier alpha value is -2.32. The van der Waals surface area contributed by atoms with E-state index < -0.39 is 10.0 Å². The summed E-state index contributed by atoms with van der Waals surface area (Å²) in [4.78, 5) is 15.9. The number of aromatic nitrogens is 1. The fourth-order valence-corrected chi connectivity index (χ4v) is 3.22. The van der Waals surface area contributed by atoms with Crippen molar-refractivity contribution in [2.24, 2.45) is 0 Å². The Morgan fingerprint density at radius 1 is 1.23 bits per heavy atom. The Kier molecular flexibility index (Phi) is 7.23. The van der Waals surface area contributed by atoms with Crippen LogP contribution in [0.4, 0.5) is 4.39 Å². The van der Waals surface area contributed by atoms with Gasteiger partial charge in [-0.1, -0.05) is 24.3 Å². The molecule has 0 fully saturated rings. The lowest BCUT2D eigenvalue weighted by molar-refractivity contribution is -0.121. The molecule has 0 aliphatic carbocycles. The molecule has 6 nitrogen and oxygen atoms in total. The number of halogens is 1. The van der Waals surface area contributed by atoms with E-state index in [4.69, 9.17) is 0 Å². The molecule has 0 atom stereocenters. The maximum atomic E-state index is 13.5. The van der Waals surface area contributed by atoms with Gasteiger partial charge in [-0.2, -0.15) is 4.31 Å². The molecular formula is C18H22FN3O3S. The Morgan fingerprint density at radius 3 is 2.65 bits per heavy atom. The summed E-state index contributed by atoms with van der Waals surface area (Å²) in [6, 6.07) is 9.90. The average molecular weight is 379 g/mol. The second-order valence-electron chi connectivity index (χ2n) is 5.90. The molecule has 1 N–H and O–H groups in total. The quantitative estimate of drug-likeness (QED) is 0.720. The van der Waals surface area contributed by atoms with Gasteiger partial charge in [0, 0.05) is 38.4 Å². The van der Waals surface area contributed by atoms with Crippen LogP contribution in [-0.4, -0.2) is 43.0 Å². The summed E-state index contributed by atoms with van der Waals surface area (Å²) >= 11 is 0. The zero-order chi connectivity index (χ0) is 19.0. The second kappa shape index (κ2) is 9.40. The molecule has 0 saturated heterocycles. The molecule has 0 bridgehead atoms. The van der Waals surface area contributed by atoms with E-state index in [0.29, 0.717) is 18.5 Å². The molecule has 0 aliphatic heterocycles. The number of hydrogen-bond donors (Lipinski definition) is 1. The lowest BCUT2D eigenvalue weighted by atomic mass is 10.1. The summed E-state index contributed by atoms with van der Waals surface area (Å²) in [5.74, 6) is -0.581. The van der Waals surface area contributed by atoms with Gasteiger partial charge >= 0.3 is 0 Å². The zero-order valence-corrected chi connectivity index (χ0v) is 15.4. The van der Waals surface area contributed by atoms with Gasteiger partial charge in [-0.25, -0.2) is 12.8 Å². The summed E-state index contributed by atoms with van der Waals surface area (Å²) < 4.78 is 38.6. The van der Waals surface area contributed by atoms with E-state index in [0.717, 1.165) is 11.8 Å². The van der Waals surface area contributed by atoms with Crippen molar-refractivity contribution in [3.8, 4) is 0 Å². The number of sulfonamides is 1. The van der Waals surface area contributed by atoms with Gasteiger partial charge in [0.2, 0.25) is 15.9 Å². The highest BCUT2D eigenvalue weighted by Gasteiger charge is 2.18. The zero-order valence-electron chi connectivity index (χ0n) is 14.6. The smallest absolute Gasteiger partial charge is 0.221 e. The minimum atomic E-state index is -3.45. The molecular weight excluding hydrogens is 357 g/mol. The summed E-state index contributed by atoms with van der Waals surface area (Å²) in [5.41, 5.74) is 1.28. The van der Waals surface area contributed by atoms with E-state index in [1.165, 1.54) is 10.4 Å². The molecule has 1 amide bonds. The molecule has 0 aliphatic rings. The van der Waals surface area contributed by atoms with Crippen LogP contribution in [0.25, 0.3) is 0 Å². The minimum Gasteiger partial charge on any atom is -0.356 e. The van der Waals surface area contributed by atoms with Gasteiger partial charge in [0.15, 0.2) is 0 Å². The fraction of sp³-hybridized carbons (Fsp3) is 0.333. The summed E-state index contributed by atoms with van der Waals surface area (Å²) in [5, 5.41) is 2.69. The predicted molar refractivity (Wildman–Crippen MR) is 97.2 cm³/mol. The molecule has 0 unspecified atom stereocenters. The number of hydrogen-bond acceptors (Lipinski definition) is 4. The molecule has 1 aromatic heterocycles. The van der Waals surface area contributed by atoms with Crippen LogP contribution >= 0.6 is 0 Å². The highest BCUT2D eigenvalue weighted by Crippen LogP contribution is 2.09. The molecule has 1 aromatic carbocycles. The van der Waals surface area contributed by atoms with Crippen molar-refractivity contribution in [1.82, 2.24) is 14.6 Å². The van der Waals surface area contributed by atoms with Gasteiger partial charge in [0.05, 0.1) is 6.26 Å². The van der Waals surface area contributed by atoms with E-state index in [9.17, 15) is 17.6 Å². The van der Waals surface area contributed by atoms with E-state index >= 15 is 0 Å². The van der Waals surface area contributed by atoms with Crippen LogP contribution < -0.4 is 5.32 Å². The molecule has 26 heavy (non-hydrogen) atoms. The standard InChI is InChI=1S/C18H22FN3O3S/c1-26(24,25)22(14-15-5-4-10-20-13-15)12-9-18(23)21-11-8-16-6-2-3-7-17(16)19/h2-7,10,13H,8-9,11-12,14H2,1H3,(H,21,23). The maximum absolute atomic E-state index is 13.5. The number of carbonyl (C=O) groups is 1. The minimum absolute atomic E-state index is 0.0323. The third kappa shape index (κ3) is 6.53. The van der Waals surface area contributed by atoms with E-state index in [1.54, 1.807) is 42.7 Å². The Labute approximate surface area is 153 Å². The van der Waals surface area contributed by atoms with Crippen LogP contribution in [0.15, 0.2) is 48.8 Å². The predicted octanol–water partition coefficient (Wildman–Crippen LogP) is 1.73. The summed E-state index contributed by atoms with van der Waals surface area (Å²) in [6.07, 6.45) is 4.72. The normalized spacial score (nSPS) is 11.5. The van der Waals surface area contributed by atoms with Crippen LogP contribution in [0.1, 0.15) is 17.5 Å². The number of rotatable bonds is 9. The van der Waals surface area contributed by atoms with Gasteiger partial charge in [-0.3, -0.25) is 9.78 Å². The molecule has 0 radical (unpaired) electrons. The second-order valence-corrected chi connectivity index (χ2v) is 7.88. The van der Waals surface area contributed by atoms with Crippen LogP contribution in [-0.2, 0) is 27.8 Å². The van der Waals surface area contributed by atoms with Crippen molar-refractivity contribution in [1.29, 1.82) is 0 Å². The number of pyridine rings is 1. The Bertz CT molecular complexity index is 829.